The Hall–Kier alpha value is -0.450. The van der Waals surface area contributed by atoms with Crippen LogP contribution >= 0.6 is 15.9 Å². The van der Waals surface area contributed by atoms with Gasteiger partial charge in [0, 0.05) is 23.0 Å². The van der Waals surface area contributed by atoms with E-state index in [0.29, 0.717) is 5.92 Å². The zero-order chi connectivity index (χ0) is 11.5. The summed E-state index contributed by atoms with van der Waals surface area (Å²) in [6.07, 6.45) is 1.03. The minimum Gasteiger partial charge on any atom is -0.381 e. The summed E-state index contributed by atoms with van der Waals surface area (Å²) in [5.41, 5.74) is 0.977. The molecule has 16 heavy (non-hydrogen) atoms. The highest BCUT2D eigenvalue weighted by Gasteiger charge is 2.26. The highest BCUT2D eigenvalue weighted by molar-refractivity contribution is 9.10. The van der Waals surface area contributed by atoms with Crippen LogP contribution in [0.4, 0.5) is 4.39 Å². The largest absolute Gasteiger partial charge is 0.381 e. The highest BCUT2D eigenvalue weighted by Crippen LogP contribution is 2.30. The zero-order valence-corrected chi connectivity index (χ0v) is 10.8. The zero-order valence-electron chi connectivity index (χ0n) is 9.17. The Kier molecular flexibility index (Phi) is 3.95. The SMILES string of the molecule is CNC(c1cc(F)cc(Br)c1)C1CCOC1. The Morgan fingerprint density at radius 3 is 2.88 bits per heavy atom. The second-order valence-electron chi connectivity index (χ2n) is 4.09. The van der Waals surface area contributed by atoms with Crippen LogP contribution in [0.3, 0.4) is 0 Å². The molecule has 2 rings (SSSR count). The first-order valence-corrected chi connectivity index (χ1v) is 6.21. The van der Waals surface area contributed by atoms with Crippen LogP contribution in [-0.2, 0) is 4.74 Å². The molecular formula is C12H15BrFNO. The molecule has 1 aliphatic rings. The van der Waals surface area contributed by atoms with E-state index in [2.05, 4.69) is 21.2 Å². The third kappa shape index (κ3) is 2.62. The lowest BCUT2D eigenvalue weighted by atomic mass is 9.92. The van der Waals surface area contributed by atoms with E-state index in [0.717, 1.165) is 29.7 Å². The van der Waals surface area contributed by atoms with Crippen LogP contribution in [-0.4, -0.2) is 20.3 Å². The third-order valence-corrected chi connectivity index (χ3v) is 3.45. The number of hydrogen-bond acceptors (Lipinski definition) is 2. The summed E-state index contributed by atoms with van der Waals surface area (Å²) >= 11 is 3.32. The monoisotopic (exact) mass is 287 g/mol. The van der Waals surface area contributed by atoms with Gasteiger partial charge in [-0.1, -0.05) is 15.9 Å². The van der Waals surface area contributed by atoms with Crippen LogP contribution in [0.2, 0.25) is 0 Å². The maximum atomic E-state index is 13.3. The van der Waals surface area contributed by atoms with E-state index in [1.165, 1.54) is 6.07 Å². The Morgan fingerprint density at radius 1 is 1.50 bits per heavy atom. The van der Waals surface area contributed by atoms with Crippen molar-refractivity contribution in [3.8, 4) is 0 Å². The summed E-state index contributed by atoms with van der Waals surface area (Å²) in [6, 6.07) is 5.18. The fourth-order valence-corrected chi connectivity index (χ4v) is 2.73. The standard InChI is InChI=1S/C12H15BrFNO/c1-15-12(8-2-3-16-7-8)9-4-10(13)6-11(14)5-9/h4-6,8,12,15H,2-3,7H2,1H3. The molecule has 88 valence electrons. The van der Waals surface area contributed by atoms with Crippen LogP contribution < -0.4 is 5.32 Å². The smallest absolute Gasteiger partial charge is 0.124 e. The van der Waals surface area contributed by atoms with Crippen LogP contribution in [0, 0.1) is 11.7 Å². The van der Waals surface area contributed by atoms with Crippen LogP contribution in [0.1, 0.15) is 18.0 Å². The number of benzene rings is 1. The van der Waals surface area contributed by atoms with Gasteiger partial charge in [-0.2, -0.15) is 0 Å². The molecule has 2 nitrogen and oxygen atoms in total. The Labute approximate surface area is 103 Å². The average Bonchev–Trinajstić information content (AvgIpc) is 2.70. The molecule has 1 saturated heterocycles. The molecule has 0 spiro atoms. The van der Waals surface area contributed by atoms with Crippen molar-refractivity contribution >= 4 is 15.9 Å². The molecule has 1 heterocycles. The number of halogens is 2. The highest BCUT2D eigenvalue weighted by atomic mass is 79.9. The Bertz CT molecular complexity index is 346. The molecule has 0 saturated carbocycles. The first-order valence-electron chi connectivity index (χ1n) is 5.41. The summed E-state index contributed by atoms with van der Waals surface area (Å²) in [7, 11) is 1.90. The number of hydrogen-bond donors (Lipinski definition) is 1. The van der Waals surface area contributed by atoms with Gasteiger partial charge in [-0.15, -0.1) is 0 Å². The van der Waals surface area contributed by atoms with Crippen molar-refractivity contribution in [2.75, 3.05) is 20.3 Å². The van der Waals surface area contributed by atoms with Crippen molar-refractivity contribution in [2.45, 2.75) is 12.5 Å². The molecule has 4 heteroatoms. The van der Waals surface area contributed by atoms with Crippen molar-refractivity contribution in [1.29, 1.82) is 0 Å². The lowest BCUT2D eigenvalue weighted by molar-refractivity contribution is 0.177. The predicted molar refractivity (Wildman–Crippen MR) is 64.8 cm³/mol. The second-order valence-corrected chi connectivity index (χ2v) is 5.01. The molecule has 1 aliphatic heterocycles. The molecule has 2 atom stereocenters. The van der Waals surface area contributed by atoms with Crippen LogP contribution in [0.25, 0.3) is 0 Å². The normalized spacial score (nSPS) is 22.3. The van der Waals surface area contributed by atoms with E-state index in [4.69, 9.17) is 4.74 Å². The van der Waals surface area contributed by atoms with Gasteiger partial charge in [0.05, 0.1) is 6.61 Å². The minimum absolute atomic E-state index is 0.162. The average molecular weight is 288 g/mol. The van der Waals surface area contributed by atoms with Crippen molar-refractivity contribution in [1.82, 2.24) is 5.32 Å². The lowest BCUT2D eigenvalue weighted by Gasteiger charge is -2.22. The van der Waals surface area contributed by atoms with Gasteiger partial charge < -0.3 is 10.1 Å². The maximum Gasteiger partial charge on any atom is 0.124 e. The Morgan fingerprint density at radius 2 is 2.31 bits per heavy atom. The van der Waals surface area contributed by atoms with Crippen molar-refractivity contribution in [3.63, 3.8) is 0 Å². The summed E-state index contributed by atoms with van der Waals surface area (Å²) in [5, 5.41) is 3.25. The van der Waals surface area contributed by atoms with Gasteiger partial charge in [-0.05, 0) is 37.2 Å². The van der Waals surface area contributed by atoms with Crippen molar-refractivity contribution < 1.29 is 9.13 Å². The van der Waals surface area contributed by atoms with E-state index < -0.39 is 0 Å². The molecule has 0 amide bonds. The van der Waals surface area contributed by atoms with Gasteiger partial charge in [-0.3, -0.25) is 0 Å². The van der Waals surface area contributed by atoms with Crippen molar-refractivity contribution in [2.24, 2.45) is 5.92 Å². The summed E-state index contributed by atoms with van der Waals surface area (Å²) in [5.74, 6) is 0.224. The molecule has 2 unspecified atom stereocenters. The fourth-order valence-electron chi connectivity index (χ4n) is 2.24. The summed E-state index contributed by atoms with van der Waals surface area (Å²) in [6.45, 7) is 1.55. The minimum atomic E-state index is -0.205. The molecule has 1 aromatic rings. The van der Waals surface area contributed by atoms with Crippen LogP contribution in [0.5, 0.6) is 0 Å². The first kappa shape index (κ1) is 12.0. The molecule has 0 radical (unpaired) electrons. The van der Waals surface area contributed by atoms with E-state index in [1.807, 2.05) is 13.1 Å². The quantitative estimate of drug-likeness (QED) is 0.923. The van der Waals surface area contributed by atoms with E-state index in [9.17, 15) is 4.39 Å². The van der Waals surface area contributed by atoms with Gasteiger partial charge >= 0.3 is 0 Å². The topological polar surface area (TPSA) is 21.3 Å². The van der Waals surface area contributed by atoms with Gasteiger partial charge in [-0.25, -0.2) is 4.39 Å². The molecule has 1 N–H and O–H groups in total. The summed E-state index contributed by atoms with van der Waals surface area (Å²) < 4.78 is 19.5. The molecule has 1 aromatic carbocycles. The van der Waals surface area contributed by atoms with Gasteiger partial charge in [0.25, 0.3) is 0 Å². The predicted octanol–water partition coefficient (Wildman–Crippen LogP) is 2.89. The van der Waals surface area contributed by atoms with Gasteiger partial charge in [0.15, 0.2) is 0 Å². The Balaban J connectivity index is 2.24. The molecule has 0 aliphatic carbocycles. The van der Waals surface area contributed by atoms with E-state index >= 15 is 0 Å². The van der Waals surface area contributed by atoms with Crippen LogP contribution in [0.15, 0.2) is 22.7 Å². The third-order valence-electron chi connectivity index (χ3n) is 2.99. The van der Waals surface area contributed by atoms with Gasteiger partial charge in [0.1, 0.15) is 5.82 Å². The lowest BCUT2D eigenvalue weighted by Crippen LogP contribution is -2.25. The molecule has 0 bridgehead atoms. The number of rotatable bonds is 3. The maximum absolute atomic E-state index is 13.3. The number of ether oxygens (including phenoxy) is 1. The first-order chi connectivity index (χ1) is 7.70. The summed E-state index contributed by atoms with van der Waals surface area (Å²) in [4.78, 5) is 0. The molecule has 1 fully saturated rings. The fraction of sp³-hybridized carbons (Fsp3) is 0.500. The van der Waals surface area contributed by atoms with E-state index in [-0.39, 0.29) is 11.9 Å². The number of nitrogens with one attached hydrogen (secondary N) is 1. The second kappa shape index (κ2) is 5.25. The van der Waals surface area contributed by atoms with E-state index in [1.54, 1.807) is 6.07 Å². The van der Waals surface area contributed by atoms with Gasteiger partial charge in [0.2, 0.25) is 0 Å². The molecular weight excluding hydrogens is 273 g/mol. The van der Waals surface area contributed by atoms with Crippen molar-refractivity contribution in [3.05, 3.63) is 34.1 Å². The molecule has 0 aromatic heterocycles.